The molecule has 0 saturated heterocycles. The summed E-state index contributed by atoms with van der Waals surface area (Å²) in [5.74, 6) is 0.621. The fraction of sp³-hybridized carbons (Fsp3) is 0.600. The van der Waals surface area contributed by atoms with Crippen molar-refractivity contribution in [3.8, 4) is 0 Å². The minimum absolute atomic E-state index is 0.218. The monoisotopic (exact) mass is 283 g/mol. The van der Waals surface area contributed by atoms with E-state index in [1.165, 1.54) is 0 Å². The molecule has 108 valence electrons. The molecule has 0 heterocycles. The minimum Gasteiger partial charge on any atom is -0.330 e. The van der Waals surface area contributed by atoms with Gasteiger partial charge in [-0.15, -0.1) is 0 Å². The first-order valence-corrected chi connectivity index (χ1v) is 8.73. The van der Waals surface area contributed by atoms with E-state index in [1.807, 2.05) is 25.1 Å². The molecule has 1 aromatic carbocycles. The molecule has 0 aliphatic heterocycles. The van der Waals surface area contributed by atoms with Crippen LogP contribution in [0.2, 0.25) is 0 Å². The third-order valence-electron chi connectivity index (χ3n) is 3.41. The van der Waals surface area contributed by atoms with Crippen molar-refractivity contribution >= 4 is 9.84 Å². The number of benzene rings is 1. The molecular formula is C15H25NO2S. The maximum atomic E-state index is 12.1. The van der Waals surface area contributed by atoms with Crippen LogP contribution in [-0.4, -0.2) is 20.7 Å². The van der Waals surface area contributed by atoms with Gasteiger partial charge in [0, 0.05) is 0 Å². The van der Waals surface area contributed by atoms with Crippen molar-refractivity contribution in [2.75, 3.05) is 12.3 Å². The molecular weight excluding hydrogens is 258 g/mol. The van der Waals surface area contributed by atoms with Crippen LogP contribution < -0.4 is 5.73 Å². The molecule has 1 rings (SSSR count). The lowest BCUT2D eigenvalue weighted by Crippen LogP contribution is -2.08. The maximum absolute atomic E-state index is 12.1. The number of hydrogen-bond donors (Lipinski definition) is 1. The van der Waals surface area contributed by atoms with Crippen LogP contribution in [-0.2, 0) is 9.84 Å². The molecule has 2 N–H and O–H groups in total. The summed E-state index contributed by atoms with van der Waals surface area (Å²) in [5.41, 5.74) is 6.67. The van der Waals surface area contributed by atoms with E-state index < -0.39 is 9.84 Å². The van der Waals surface area contributed by atoms with Gasteiger partial charge in [0.15, 0.2) is 9.84 Å². The Labute approximate surface area is 117 Å². The van der Waals surface area contributed by atoms with Gasteiger partial charge in [-0.05, 0) is 55.8 Å². The lowest BCUT2D eigenvalue weighted by atomic mass is 9.92. The molecule has 19 heavy (non-hydrogen) atoms. The second-order valence-corrected chi connectivity index (χ2v) is 7.04. The van der Waals surface area contributed by atoms with Gasteiger partial charge in [-0.1, -0.05) is 26.0 Å². The molecule has 0 bridgehead atoms. The second-order valence-electron chi connectivity index (χ2n) is 4.93. The number of rotatable bonds is 8. The van der Waals surface area contributed by atoms with E-state index in [2.05, 4.69) is 6.92 Å². The van der Waals surface area contributed by atoms with Gasteiger partial charge in [0.2, 0.25) is 0 Å². The summed E-state index contributed by atoms with van der Waals surface area (Å²) in [5, 5.41) is 0. The van der Waals surface area contributed by atoms with Gasteiger partial charge in [-0.2, -0.15) is 0 Å². The normalized spacial score (nSPS) is 13.4. The largest absolute Gasteiger partial charge is 0.330 e. The molecule has 0 spiro atoms. The van der Waals surface area contributed by atoms with Gasteiger partial charge in [0.25, 0.3) is 0 Å². The summed E-state index contributed by atoms with van der Waals surface area (Å²) in [4.78, 5) is 0.457. The number of hydrogen-bond acceptors (Lipinski definition) is 3. The quantitative estimate of drug-likeness (QED) is 0.797. The Balaban J connectivity index is 2.98. The molecule has 3 nitrogen and oxygen atoms in total. The SMILES string of the molecule is CCCS(=O)(=O)c1cccc(C(CC)CCCN)c1. The zero-order chi connectivity index (χ0) is 14.3. The average Bonchev–Trinajstić information content (AvgIpc) is 2.40. The van der Waals surface area contributed by atoms with Crippen molar-refractivity contribution in [2.45, 2.75) is 50.3 Å². The number of sulfone groups is 1. The first kappa shape index (κ1) is 16.2. The average molecular weight is 283 g/mol. The van der Waals surface area contributed by atoms with Crippen LogP contribution in [0.1, 0.15) is 51.0 Å². The van der Waals surface area contributed by atoms with Gasteiger partial charge in [-0.25, -0.2) is 8.42 Å². The molecule has 0 saturated carbocycles. The Morgan fingerprint density at radius 2 is 2.00 bits per heavy atom. The predicted molar refractivity (Wildman–Crippen MR) is 80.1 cm³/mol. The Hall–Kier alpha value is -0.870. The molecule has 0 amide bonds. The maximum Gasteiger partial charge on any atom is 0.178 e. The van der Waals surface area contributed by atoms with Crippen LogP contribution in [0.3, 0.4) is 0 Å². The van der Waals surface area contributed by atoms with Crippen molar-refractivity contribution in [1.82, 2.24) is 0 Å². The highest BCUT2D eigenvalue weighted by Crippen LogP contribution is 2.26. The first-order valence-electron chi connectivity index (χ1n) is 7.08. The third kappa shape index (κ3) is 4.62. The third-order valence-corrected chi connectivity index (χ3v) is 5.33. The van der Waals surface area contributed by atoms with Crippen molar-refractivity contribution in [1.29, 1.82) is 0 Å². The Morgan fingerprint density at radius 1 is 1.26 bits per heavy atom. The minimum atomic E-state index is -3.12. The van der Waals surface area contributed by atoms with Gasteiger partial charge in [0.1, 0.15) is 0 Å². The zero-order valence-electron chi connectivity index (χ0n) is 11.9. The van der Waals surface area contributed by atoms with E-state index >= 15 is 0 Å². The Kier molecular flexibility index (Phi) is 6.52. The van der Waals surface area contributed by atoms with Crippen LogP contribution in [0.15, 0.2) is 29.2 Å². The van der Waals surface area contributed by atoms with E-state index in [1.54, 1.807) is 6.07 Å². The van der Waals surface area contributed by atoms with E-state index in [0.717, 1.165) is 24.8 Å². The van der Waals surface area contributed by atoms with E-state index in [0.29, 0.717) is 23.8 Å². The van der Waals surface area contributed by atoms with Gasteiger partial charge >= 0.3 is 0 Å². The van der Waals surface area contributed by atoms with Gasteiger partial charge in [0.05, 0.1) is 10.6 Å². The first-order chi connectivity index (χ1) is 9.05. The number of nitrogens with two attached hydrogens (primary N) is 1. The topological polar surface area (TPSA) is 60.2 Å². The van der Waals surface area contributed by atoms with E-state index in [4.69, 9.17) is 5.73 Å². The summed E-state index contributed by atoms with van der Waals surface area (Å²) in [7, 11) is -3.12. The molecule has 0 fully saturated rings. The van der Waals surface area contributed by atoms with E-state index in [-0.39, 0.29) is 5.75 Å². The predicted octanol–water partition coefficient (Wildman–Crippen LogP) is 3.10. The van der Waals surface area contributed by atoms with Crippen molar-refractivity contribution in [3.05, 3.63) is 29.8 Å². The smallest absolute Gasteiger partial charge is 0.178 e. The molecule has 0 aromatic heterocycles. The summed E-state index contributed by atoms with van der Waals surface area (Å²) < 4.78 is 24.2. The van der Waals surface area contributed by atoms with Crippen LogP contribution in [0, 0.1) is 0 Å². The Morgan fingerprint density at radius 3 is 2.58 bits per heavy atom. The summed E-state index contributed by atoms with van der Waals surface area (Å²) in [6.07, 6.45) is 3.66. The molecule has 1 unspecified atom stereocenters. The van der Waals surface area contributed by atoms with Crippen molar-refractivity contribution in [3.63, 3.8) is 0 Å². The fourth-order valence-electron chi connectivity index (χ4n) is 2.32. The molecule has 0 aliphatic carbocycles. The fourth-order valence-corrected chi connectivity index (χ4v) is 3.69. The molecule has 0 radical (unpaired) electrons. The highest BCUT2D eigenvalue weighted by atomic mass is 32.2. The molecule has 1 aromatic rings. The van der Waals surface area contributed by atoms with Crippen molar-refractivity contribution < 1.29 is 8.42 Å². The second kappa shape index (κ2) is 7.65. The molecule has 1 atom stereocenters. The van der Waals surface area contributed by atoms with Gasteiger partial charge in [-0.3, -0.25) is 0 Å². The summed E-state index contributed by atoms with van der Waals surface area (Å²) >= 11 is 0. The summed E-state index contributed by atoms with van der Waals surface area (Å²) in [6.45, 7) is 4.70. The van der Waals surface area contributed by atoms with Crippen LogP contribution >= 0.6 is 0 Å². The lowest BCUT2D eigenvalue weighted by Gasteiger charge is -2.16. The van der Waals surface area contributed by atoms with Gasteiger partial charge < -0.3 is 5.73 Å². The zero-order valence-corrected chi connectivity index (χ0v) is 12.7. The molecule has 4 heteroatoms. The Bertz CT molecular complexity index is 483. The standard InChI is InChI=1S/C15H25NO2S/c1-3-11-19(17,18)15-9-5-7-14(12-15)13(4-2)8-6-10-16/h5,7,9,12-13H,3-4,6,8,10-11,16H2,1-2H3. The van der Waals surface area contributed by atoms with Crippen LogP contribution in [0.5, 0.6) is 0 Å². The molecule has 0 aliphatic rings. The van der Waals surface area contributed by atoms with E-state index in [9.17, 15) is 8.42 Å². The van der Waals surface area contributed by atoms with Crippen LogP contribution in [0.4, 0.5) is 0 Å². The highest BCUT2D eigenvalue weighted by molar-refractivity contribution is 7.91. The highest BCUT2D eigenvalue weighted by Gasteiger charge is 2.16. The lowest BCUT2D eigenvalue weighted by molar-refractivity contribution is 0.577. The van der Waals surface area contributed by atoms with Crippen molar-refractivity contribution in [2.24, 2.45) is 5.73 Å². The van der Waals surface area contributed by atoms with Crippen LogP contribution in [0.25, 0.3) is 0 Å². The summed E-state index contributed by atoms with van der Waals surface area (Å²) in [6, 6.07) is 7.42.